The molecule has 2 aromatic heterocycles. The highest BCUT2D eigenvalue weighted by Gasteiger charge is 2.25. The lowest BCUT2D eigenvalue weighted by Gasteiger charge is -2.17. The Morgan fingerprint density at radius 2 is 1.91 bits per heavy atom. The number of fused-ring (bicyclic) bond motifs is 3. The summed E-state index contributed by atoms with van der Waals surface area (Å²) in [5.41, 5.74) is 3.44. The smallest absolute Gasteiger partial charge is 0.267 e. The maximum absolute atomic E-state index is 13.8. The fourth-order valence-corrected chi connectivity index (χ4v) is 6.90. The largest absolute Gasteiger partial charge is 0.494 e. The van der Waals surface area contributed by atoms with Gasteiger partial charge in [-0.15, -0.1) is 11.3 Å². The van der Waals surface area contributed by atoms with Gasteiger partial charge in [0, 0.05) is 10.6 Å². The first-order chi connectivity index (χ1) is 16.6. The van der Waals surface area contributed by atoms with E-state index in [9.17, 15) is 4.79 Å². The number of unbranched alkanes of at least 4 members (excludes halogenated alkanes) is 1. The number of ether oxygens (including phenoxy) is 1. The first-order valence-corrected chi connectivity index (χ1v) is 13.9. The summed E-state index contributed by atoms with van der Waals surface area (Å²) in [5, 5.41) is 1.63. The lowest BCUT2D eigenvalue weighted by atomic mass is 9.89. The maximum atomic E-state index is 13.8. The minimum atomic E-state index is 0.0773. The van der Waals surface area contributed by atoms with Crippen LogP contribution in [0.25, 0.3) is 15.9 Å². The Balaban J connectivity index is 1.34. The first kappa shape index (κ1) is 23.2. The van der Waals surface area contributed by atoms with E-state index in [1.165, 1.54) is 16.0 Å². The van der Waals surface area contributed by atoms with Gasteiger partial charge in [0.05, 0.1) is 17.7 Å². The summed E-state index contributed by atoms with van der Waals surface area (Å²) in [5.74, 6) is 2.48. The maximum Gasteiger partial charge on any atom is 0.267 e. The van der Waals surface area contributed by atoms with Crippen LogP contribution in [0, 0.1) is 12.8 Å². The summed E-state index contributed by atoms with van der Waals surface area (Å²) < 4.78 is 7.68. The summed E-state index contributed by atoms with van der Waals surface area (Å²) >= 11 is 3.39. The lowest BCUT2D eigenvalue weighted by molar-refractivity contribution is 0.310. The van der Waals surface area contributed by atoms with Crippen molar-refractivity contribution in [2.24, 2.45) is 5.92 Å². The first-order valence-electron chi connectivity index (χ1n) is 12.0. The van der Waals surface area contributed by atoms with Crippen LogP contribution in [0.5, 0.6) is 5.75 Å². The molecule has 0 spiro atoms. The number of rotatable bonds is 8. The number of aryl methyl sites for hydroxylation is 2. The van der Waals surface area contributed by atoms with Crippen molar-refractivity contribution in [3.63, 3.8) is 0 Å². The van der Waals surface area contributed by atoms with Gasteiger partial charge in [0.1, 0.15) is 10.6 Å². The number of thioether (sulfide) groups is 1. The zero-order chi connectivity index (χ0) is 23.5. The second kappa shape index (κ2) is 10.4. The third kappa shape index (κ3) is 4.93. The normalized spacial score (nSPS) is 15.4. The third-order valence-corrected chi connectivity index (χ3v) is 8.55. The Bertz CT molecular complexity index is 1330. The van der Waals surface area contributed by atoms with Gasteiger partial charge in [0.25, 0.3) is 5.56 Å². The van der Waals surface area contributed by atoms with Crippen LogP contribution in [-0.4, -0.2) is 21.9 Å². The molecule has 1 aliphatic rings. The minimum absolute atomic E-state index is 0.0773. The van der Waals surface area contributed by atoms with Crippen LogP contribution < -0.4 is 10.3 Å². The zero-order valence-corrected chi connectivity index (χ0v) is 21.4. The number of nitrogens with zero attached hydrogens (tertiary/aromatic N) is 2. The molecule has 4 nitrogen and oxygen atoms in total. The van der Waals surface area contributed by atoms with Crippen LogP contribution in [0.3, 0.4) is 0 Å². The third-order valence-electron chi connectivity index (χ3n) is 6.37. The van der Waals surface area contributed by atoms with Crippen LogP contribution in [0.1, 0.15) is 42.2 Å². The number of hydrogen-bond donors (Lipinski definition) is 0. The summed E-state index contributed by atoms with van der Waals surface area (Å²) in [4.78, 5) is 21.1. The molecule has 34 heavy (non-hydrogen) atoms. The standard InChI is InChI=1S/C28H30N2O2S2/c1-19-10-13-22(14-11-19)32-16-6-7-17-33-28-29-26-25(23-15-12-20(2)18-24(23)34-26)27(31)30(28)21-8-4-3-5-9-21/h3-5,8-11,13-14,20H,6-7,12,15-18H2,1-2H3. The molecule has 0 saturated heterocycles. The highest BCUT2D eigenvalue weighted by atomic mass is 32.2. The Morgan fingerprint density at radius 1 is 1.12 bits per heavy atom. The molecule has 0 amide bonds. The van der Waals surface area contributed by atoms with E-state index in [0.717, 1.165) is 64.7 Å². The van der Waals surface area contributed by atoms with Gasteiger partial charge in [-0.05, 0) is 74.8 Å². The number of thiophene rings is 1. The SMILES string of the molecule is Cc1ccc(OCCCCSc2nc3sc4c(c3c(=O)n2-c2ccccc2)CCC(C)C4)cc1. The molecule has 0 fully saturated rings. The quantitative estimate of drug-likeness (QED) is 0.154. The molecular weight excluding hydrogens is 460 g/mol. The van der Waals surface area contributed by atoms with Crippen LogP contribution in [-0.2, 0) is 12.8 Å². The average molecular weight is 491 g/mol. The van der Waals surface area contributed by atoms with Crippen molar-refractivity contribution in [1.82, 2.24) is 9.55 Å². The van der Waals surface area contributed by atoms with E-state index >= 15 is 0 Å². The van der Waals surface area contributed by atoms with Gasteiger partial charge < -0.3 is 4.74 Å². The van der Waals surface area contributed by atoms with E-state index in [1.54, 1.807) is 23.1 Å². The van der Waals surface area contributed by atoms with Crippen molar-refractivity contribution in [2.45, 2.75) is 51.1 Å². The van der Waals surface area contributed by atoms with Gasteiger partial charge in [0.2, 0.25) is 0 Å². The minimum Gasteiger partial charge on any atom is -0.494 e. The second-order valence-electron chi connectivity index (χ2n) is 9.12. The molecule has 1 unspecified atom stereocenters. The molecule has 2 aromatic carbocycles. The summed E-state index contributed by atoms with van der Waals surface area (Å²) in [6.07, 6.45) is 5.15. The molecule has 1 aliphatic carbocycles. The zero-order valence-electron chi connectivity index (χ0n) is 19.8. The van der Waals surface area contributed by atoms with Gasteiger partial charge in [-0.1, -0.05) is 54.6 Å². The van der Waals surface area contributed by atoms with Gasteiger partial charge in [0.15, 0.2) is 5.16 Å². The van der Waals surface area contributed by atoms with Crippen molar-refractivity contribution >= 4 is 33.3 Å². The predicted octanol–water partition coefficient (Wildman–Crippen LogP) is 6.83. The second-order valence-corrected chi connectivity index (χ2v) is 11.3. The molecule has 0 N–H and O–H groups in total. The average Bonchev–Trinajstić information content (AvgIpc) is 3.20. The monoisotopic (exact) mass is 490 g/mol. The summed E-state index contributed by atoms with van der Waals surface area (Å²) in [6.45, 7) is 5.07. The molecule has 0 bridgehead atoms. The van der Waals surface area contributed by atoms with E-state index in [0.29, 0.717) is 12.5 Å². The molecule has 4 aromatic rings. The molecule has 176 valence electrons. The summed E-state index contributed by atoms with van der Waals surface area (Å²) in [7, 11) is 0. The van der Waals surface area contributed by atoms with Crippen molar-refractivity contribution in [3.05, 3.63) is 81.0 Å². The van der Waals surface area contributed by atoms with E-state index in [2.05, 4.69) is 26.0 Å². The van der Waals surface area contributed by atoms with Crippen LogP contribution in [0.15, 0.2) is 64.5 Å². The van der Waals surface area contributed by atoms with E-state index in [-0.39, 0.29) is 5.56 Å². The molecular formula is C28H30N2O2S2. The number of benzene rings is 2. The summed E-state index contributed by atoms with van der Waals surface area (Å²) in [6, 6.07) is 18.1. The van der Waals surface area contributed by atoms with Crippen LogP contribution >= 0.6 is 23.1 Å². The topological polar surface area (TPSA) is 44.1 Å². The predicted molar refractivity (Wildman–Crippen MR) is 143 cm³/mol. The Hall–Kier alpha value is -2.57. The van der Waals surface area contributed by atoms with Gasteiger partial charge in [-0.3, -0.25) is 9.36 Å². The van der Waals surface area contributed by atoms with Gasteiger partial charge in [-0.25, -0.2) is 4.98 Å². The van der Waals surface area contributed by atoms with Gasteiger partial charge in [-0.2, -0.15) is 0 Å². The van der Waals surface area contributed by atoms with Crippen LogP contribution in [0.2, 0.25) is 0 Å². The Labute approximate surface area is 209 Å². The Kier molecular flexibility index (Phi) is 7.07. The molecule has 0 aliphatic heterocycles. The number of para-hydroxylation sites is 1. The van der Waals surface area contributed by atoms with Crippen molar-refractivity contribution < 1.29 is 4.74 Å². The highest BCUT2D eigenvalue weighted by molar-refractivity contribution is 7.99. The fourth-order valence-electron chi connectivity index (χ4n) is 4.46. The van der Waals surface area contributed by atoms with Crippen molar-refractivity contribution in [1.29, 1.82) is 0 Å². The fraction of sp³-hybridized carbons (Fsp3) is 0.357. The van der Waals surface area contributed by atoms with Crippen LogP contribution in [0.4, 0.5) is 0 Å². The molecule has 0 saturated carbocycles. The Morgan fingerprint density at radius 3 is 2.71 bits per heavy atom. The molecule has 6 heteroatoms. The molecule has 5 rings (SSSR count). The van der Waals surface area contributed by atoms with E-state index < -0.39 is 0 Å². The molecule has 2 heterocycles. The van der Waals surface area contributed by atoms with Crippen molar-refractivity contribution in [2.75, 3.05) is 12.4 Å². The van der Waals surface area contributed by atoms with E-state index in [1.807, 2.05) is 47.0 Å². The van der Waals surface area contributed by atoms with Crippen molar-refractivity contribution in [3.8, 4) is 11.4 Å². The number of aromatic nitrogens is 2. The lowest BCUT2D eigenvalue weighted by Crippen LogP contribution is -2.22. The number of hydrogen-bond acceptors (Lipinski definition) is 5. The van der Waals surface area contributed by atoms with Gasteiger partial charge >= 0.3 is 0 Å². The van der Waals surface area contributed by atoms with E-state index in [4.69, 9.17) is 9.72 Å². The molecule has 1 atom stereocenters. The highest BCUT2D eigenvalue weighted by Crippen LogP contribution is 2.37. The molecule has 0 radical (unpaired) electrons.